The number of hydrogen-bond acceptors (Lipinski definition) is 11. The van der Waals surface area contributed by atoms with Crippen LogP contribution in [0, 0.1) is 0 Å². The summed E-state index contributed by atoms with van der Waals surface area (Å²) in [5.74, 6) is 0. The Hall–Kier alpha value is -2.86. The second kappa shape index (κ2) is 9.20. The van der Waals surface area contributed by atoms with E-state index in [4.69, 9.17) is 0 Å². The van der Waals surface area contributed by atoms with Crippen LogP contribution >= 0.6 is 0 Å². The molecule has 0 spiro atoms. The van der Waals surface area contributed by atoms with Crippen LogP contribution in [0.3, 0.4) is 0 Å². The normalized spacial score (nSPS) is 11.8. The Bertz CT molecular complexity index is 353. The van der Waals surface area contributed by atoms with Gasteiger partial charge in [-0.2, -0.15) is 20.5 Å². The maximum atomic E-state index is 11.5. The van der Waals surface area contributed by atoms with Gasteiger partial charge in [-0.3, -0.25) is 0 Å². The van der Waals surface area contributed by atoms with Crippen LogP contribution in [0.15, 0.2) is 41.4 Å². The molecule has 0 N–H and O–H groups in total. The first-order valence-corrected chi connectivity index (χ1v) is 4.65. The van der Waals surface area contributed by atoms with Crippen molar-refractivity contribution in [3.8, 4) is 0 Å². The summed E-state index contributed by atoms with van der Waals surface area (Å²) in [6, 6.07) is 0. The third kappa shape index (κ3) is 5.85. The Morgan fingerprint density at radius 3 is 1.16 bits per heavy atom. The van der Waals surface area contributed by atoms with E-state index in [0.29, 0.717) is 10.2 Å². The fraction of sp³-hybridized carbons (Fsp3) is 0.667. The van der Waals surface area contributed by atoms with Crippen LogP contribution in [0.5, 0.6) is 0 Å². The quantitative estimate of drug-likeness (QED) is 0.436. The molecule has 13 heteroatoms. The lowest BCUT2D eigenvalue weighted by Crippen LogP contribution is -2.29. The Labute approximate surface area is 107 Å². The summed E-state index contributed by atoms with van der Waals surface area (Å²) in [4.78, 5) is 22.9. The minimum atomic E-state index is -1.25. The summed E-state index contributed by atoms with van der Waals surface area (Å²) in [7, 11) is 5.15. The summed E-state index contributed by atoms with van der Waals surface area (Å²) in [5.41, 5.74) is 0. The first-order valence-electron chi connectivity index (χ1n) is 4.65. The molecule has 0 radical (unpaired) electrons. The zero-order chi connectivity index (χ0) is 14.7. The molecule has 0 aromatic rings. The predicted octanol–water partition coefficient (Wildman–Crippen LogP) is 1.84. The molecule has 0 unspecified atom stereocenters. The highest BCUT2D eigenvalue weighted by Gasteiger charge is 2.24. The highest BCUT2D eigenvalue weighted by Crippen LogP contribution is 2.03. The van der Waals surface area contributed by atoms with Gasteiger partial charge in [-0.15, -0.1) is 0 Å². The number of carbonyl (C=O) groups is 2. The lowest BCUT2D eigenvalue weighted by atomic mass is 11.1. The van der Waals surface area contributed by atoms with Crippen molar-refractivity contribution in [2.45, 2.75) is 0 Å². The summed E-state index contributed by atoms with van der Waals surface area (Å²) in [5, 5.41) is 26.9. The third-order valence-electron chi connectivity index (χ3n) is 1.20. The van der Waals surface area contributed by atoms with Gasteiger partial charge < -0.3 is 4.74 Å². The van der Waals surface area contributed by atoms with Gasteiger partial charge in [0.1, 0.15) is 0 Å². The van der Waals surface area contributed by atoms with Crippen LogP contribution in [0.25, 0.3) is 0 Å². The number of carbonyl (C=O) groups excluding carboxylic acids is 2. The van der Waals surface area contributed by atoms with Gasteiger partial charge in [-0.1, -0.05) is 0 Å². The molecule has 19 heavy (non-hydrogen) atoms. The fourth-order valence-corrected chi connectivity index (χ4v) is 0.677. The molecule has 0 aromatic heterocycles. The average molecular weight is 272 g/mol. The largest absolute Gasteiger partial charge is 0.464 e. The number of rotatable bonds is 4. The van der Waals surface area contributed by atoms with Crippen LogP contribution in [-0.2, 0) is 4.74 Å². The summed E-state index contributed by atoms with van der Waals surface area (Å²) in [6.07, 6.45) is -2.49. The maximum absolute atomic E-state index is 11.5. The van der Waals surface area contributed by atoms with E-state index in [1.54, 1.807) is 0 Å². The molecular formula is C6H12N10O3. The van der Waals surface area contributed by atoms with Crippen molar-refractivity contribution in [2.24, 2.45) is 41.4 Å². The van der Waals surface area contributed by atoms with E-state index in [9.17, 15) is 9.59 Å². The van der Waals surface area contributed by atoms with Crippen molar-refractivity contribution in [3.63, 3.8) is 0 Å². The molecule has 0 aliphatic carbocycles. The van der Waals surface area contributed by atoms with Gasteiger partial charge in [0.25, 0.3) is 0 Å². The van der Waals surface area contributed by atoms with Crippen molar-refractivity contribution >= 4 is 12.2 Å². The van der Waals surface area contributed by atoms with Crippen molar-refractivity contribution in [1.29, 1.82) is 0 Å². The third-order valence-corrected chi connectivity index (χ3v) is 1.20. The second-order valence-corrected chi connectivity index (χ2v) is 2.37. The molecule has 0 atom stereocenters. The zero-order valence-corrected chi connectivity index (χ0v) is 10.7. The zero-order valence-electron chi connectivity index (χ0n) is 10.7. The molecule has 0 fully saturated rings. The van der Waals surface area contributed by atoms with Crippen LogP contribution in [-0.4, -0.2) is 50.6 Å². The summed E-state index contributed by atoms with van der Waals surface area (Å²) < 4.78 is 4.34. The van der Waals surface area contributed by atoms with E-state index < -0.39 is 12.2 Å². The van der Waals surface area contributed by atoms with Crippen molar-refractivity contribution in [3.05, 3.63) is 0 Å². The van der Waals surface area contributed by atoms with E-state index in [0.717, 1.165) is 0 Å². The standard InChI is InChI=1S/C6H12N10O3/c1-7-11-15(12-8-2)5(17)19-6(18)16(13-9-3)14-10-4/h1-4H3. The molecule has 0 heterocycles. The Morgan fingerprint density at radius 2 is 0.947 bits per heavy atom. The molecule has 0 aliphatic rings. The van der Waals surface area contributed by atoms with Crippen LogP contribution in [0.1, 0.15) is 0 Å². The van der Waals surface area contributed by atoms with Gasteiger partial charge in [-0.25, -0.2) is 9.59 Å². The fourth-order valence-electron chi connectivity index (χ4n) is 0.677. The van der Waals surface area contributed by atoms with Crippen molar-refractivity contribution in [1.82, 2.24) is 10.2 Å². The molecular weight excluding hydrogens is 260 g/mol. The van der Waals surface area contributed by atoms with E-state index in [1.165, 1.54) is 28.2 Å². The number of amides is 2. The van der Waals surface area contributed by atoms with Gasteiger partial charge in [0.15, 0.2) is 0 Å². The van der Waals surface area contributed by atoms with Crippen molar-refractivity contribution < 1.29 is 14.3 Å². The molecule has 0 saturated carbocycles. The molecule has 0 rings (SSSR count). The number of hydrogen-bond donors (Lipinski definition) is 0. The Morgan fingerprint density at radius 1 is 0.684 bits per heavy atom. The van der Waals surface area contributed by atoms with E-state index in [1.807, 2.05) is 0 Å². The van der Waals surface area contributed by atoms with Gasteiger partial charge >= 0.3 is 12.2 Å². The smallest absolute Gasteiger partial charge is 0.354 e. The summed E-state index contributed by atoms with van der Waals surface area (Å²) in [6.45, 7) is 0. The molecule has 0 aliphatic heterocycles. The Balaban J connectivity index is 4.81. The van der Waals surface area contributed by atoms with Crippen LogP contribution in [0.4, 0.5) is 9.59 Å². The van der Waals surface area contributed by atoms with Gasteiger partial charge in [0.2, 0.25) is 0 Å². The first-order chi connectivity index (χ1) is 9.10. The minimum absolute atomic E-state index is 0.363. The average Bonchev–Trinajstić information content (AvgIpc) is 2.38. The van der Waals surface area contributed by atoms with E-state index in [-0.39, 0.29) is 0 Å². The SMILES string of the molecule is CN=NN(N=NC)C(=O)OC(=O)N(N=NC)N=NC. The lowest BCUT2D eigenvalue weighted by Gasteiger charge is -2.09. The second-order valence-electron chi connectivity index (χ2n) is 2.37. The topological polar surface area (TPSA) is 149 Å². The highest BCUT2D eigenvalue weighted by molar-refractivity contribution is 5.82. The molecule has 2 amide bonds. The summed E-state index contributed by atoms with van der Waals surface area (Å²) >= 11 is 0. The minimum Gasteiger partial charge on any atom is -0.354 e. The van der Waals surface area contributed by atoms with Gasteiger partial charge in [0.05, 0.1) is 28.2 Å². The molecule has 0 saturated heterocycles. The van der Waals surface area contributed by atoms with E-state index in [2.05, 4.69) is 46.1 Å². The monoisotopic (exact) mass is 272 g/mol. The van der Waals surface area contributed by atoms with Crippen LogP contribution in [0.2, 0.25) is 0 Å². The first kappa shape index (κ1) is 16.1. The van der Waals surface area contributed by atoms with Gasteiger partial charge in [0, 0.05) is 0 Å². The molecule has 0 bridgehead atoms. The number of ether oxygens (including phenoxy) is 1. The van der Waals surface area contributed by atoms with Crippen LogP contribution < -0.4 is 0 Å². The maximum Gasteiger partial charge on any atom is 0.464 e. The van der Waals surface area contributed by atoms with E-state index >= 15 is 0 Å². The molecule has 104 valence electrons. The predicted molar refractivity (Wildman–Crippen MR) is 58.7 cm³/mol. The van der Waals surface area contributed by atoms with Gasteiger partial charge in [-0.05, 0) is 31.1 Å². The lowest BCUT2D eigenvalue weighted by molar-refractivity contribution is 0.0887. The number of nitrogens with zero attached hydrogens (tertiary/aromatic N) is 10. The molecule has 0 aromatic carbocycles. The van der Waals surface area contributed by atoms with Crippen molar-refractivity contribution in [2.75, 3.05) is 28.2 Å². The highest BCUT2D eigenvalue weighted by atomic mass is 16.6. The Kier molecular flexibility index (Phi) is 7.81. The molecule has 13 nitrogen and oxygen atoms in total.